The lowest BCUT2D eigenvalue weighted by atomic mass is 10.0. The number of likely N-dealkylation sites (N-methyl/N-ethyl adjacent to an activating group) is 1. The summed E-state index contributed by atoms with van der Waals surface area (Å²) < 4.78 is 5.65. The number of nitrogens with two attached hydrogens (primary N) is 1. The summed E-state index contributed by atoms with van der Waals surface area (Å²) in [6.07, 6.45) is 2.19. The van der Waals surface area contributed by atoms with Crippen LogP contribution in [-0.2, 0) is 4.74 Å². The summed E-state index contributed by atoms with van der Waals surface area (Å²) in [5.74, 6) is 0. The molecule has 2 unspecified atom stereocenters. The van der Waals surface area contributed by atoms with Gasteiger partial charge in [-0.15, -0.1) is 6.58 Å². The molecule has 1 heterocycles. The molecule has 14 heavy (non-hydrogen) atoms. The molecule has 0 bridgehead atoms. The fourth-order valence-corrected chi connectivity index (χ4v) is 1.67. The van der Waals surface area contributed by atoms with Gasteiger partial charge in [0.25, 0.3) is 0 Å². The highest BCUT2D eigenvalue weighted by atomic mass is 16.5. The van der Waals surface area contributed by atoms with Crippen LogP contribution in [-0.4, -0.2) is 43.8 Å². The van der Waals surface area contributed by atoms with Gasteiger partial charge in [0, 0.05) is 19.1 Å². The van der Waals surface area contributed by atoms with Crippen molar-refractivity contribution in [2.24, 2.45) is 5.73 Å². The monoisotopic (exact) mass is 198 g/mol. The topological polar surface area (TPSA) is 38.5 Å². The van der Waals surface area contributed by atoms with Crippen LogP contribution in [0.25, 0.3) is 0 Å². The molecule has 0 spiro atoms. The van der Waals surface area contributed by atoms with Crippen LogP contribution in [0.1, 0.15) is 19.8 Å². The first-order valence-electron chi connectivity index (χ1n) is 5.29. The van der Waals surface area contributed by atoms with Gasteiger partial charge in [-0.05, 0) is 26.8 Å². The summed E-state index contributed by atoms with van der Waals surface area (Å²) in [5.41, 5.74) is 7.26. The molecule has 0 radical (unpaired) electrons. The van der Waals surface area contributed by atoms with E-state index in [-0.39, 0.29) is 12.1 Å². The second-order valence-electron chi connectivity index (χ2n) is 4.33. The van der Waals surface area contributed by atoms with E-state index in [1.165, 1.54) is 5.57 Å². The van der Waals surface area contributed by atoms with Crippen molar-refractivity contribution < 1.29 is 4.74 Å². The van der Waals surface area contributed by atoms with Crippen molar-refractivity contribution in [3.05, 3.63) is 12.2 Å². The lowest BCUT2D eigenvalue weighted by Crippen LogP contribution is -2.49. The lowest BCUT2D eigenvalue weighted by molar-refractivity contribution is -0.0331. The van der Waals surface area contributed by atoms with E-state index in [4.69, 9.17) is 10.5 Å². The molecule has 1 rings (SSSR count). The average molecular weight is 198 g/mol. The van der Waals surface area contributed by atoms with Crippen LogP contribution >= 0.6 is 0 Å². The van der Waals surface area contributed by atoms with E-state index >= 15 is 0 Å². The predicted molar refractivity (Wildman–Crippen MR) is 59.3 cm³/mol. The number of morpholine rings is 1. The standard InChI is InChI=1S/C11H22N2O/c1-9(2)4-5-10(12)11-8-13(3)6-7-14-11/h10-11H,1,4-8,12H2,2-3H3. The van der Waals surface area contributed by atoms with Gasteiger partial charge in [-0.25, -0.2) is 0 Å². The molecule has 2 atom stereocenters. The minimum Gasteiger partial charge on any atom is -0.374 e. The lowest BCUT2D eigenvalue weighted by Gasteiger charge is -2.33. The molecule has 2 N–H and O–H groups in total. The van der Waals surface area contributed by atoms with Crippen LogP contribution in [0.15, 0.2) is 12.2 Å². The normalized spacial score (nSPS) is 26.1. The van der Waals surface area contributed by atoms with Gasteiger partial charge in [0.15, 0.2) is 0 Å². The van der Waals surface area contributed by atoms with Gasteiger partial charge in [0.1, 0.15) is 0 Å². The molecule has 1 saturated heterocycles. The van der Waals surface area contributed by atoms with E-state index in [0.29, 0.717) is 0 Å². The zero-order valence-electron chi connectivity index (χ0n) is 9.33. The first kappa shape index (κ1) is 11.7. The molecule has 0 aromatic rings. The first-order chi connectivity index (χ1) is 6.59. The third-order valence-corrected chi connectivity index (χ3v) is 2.68. The van der Waals surface area contributed by atoms with Gasteiger partial charge < -0.3 is 15.4 Å². The minimum absolute atomic E-state index is 0.148. The Kier molecular flexibility index (Phi) is 4.58. The zero-order valence-corrected chi connectivity index (χ0v) is 9.33. The predicted octanol–water partition coefficient (Wildman–Crippen LogP) is 1.00. The van der Waals surface area contributed by atoms with E-state index in [9.17, 15) is 0 Å². The number of nitrogens with zero attached hydrogens (tertiary/aromatic N) is 1. The van der Waals surface area contributed by atoms with Gasteiger partial charge in [-0.3, -0.25) is 0 Å². The number of hydrogen-bond acceptors (Lipinski definition) is 3. The summed E-state index contributed by atoms with van der Waals surface area (Å²) in [6, 6.07) is 0.148. The Labute approximate surface area is 86.9 Å². The molecule has 0 aromatic carbocycles. The Morgan fingerprint density at radius 3 is 3.00 bits per heavy atom. The van der Waals surface area contributed by atoms with Crippen molar-refractivity contribution in [3.63, 3.8) is 0 Å². The molecule has 1 fully saturated rings. The highest BCUT2D eigenvalue weighted by molar-refractivity contribution is 4.90. The molecular formula is C11H22N2O. The summed E-state index contributed by atoms with van der Waals surface area (Å²) in [6.45, 7) is 8.70. The van der Waals surface area contributed by atoms with E-state index in [0.717, 1.165) is 32.5 Å². The quantitative estimate of drug-likeness (QED) is 0.685. The number of rotatable bonds is 4. The van der Waals surface area contributed by atoms with Crippen LogP contribution in [0.3, 0.4) is 0 Å². The Morgan fingerprint density at radius 2 is 2.43 bits per heavy atom. The molecule has 0 aliphatic carbocycles. The van der Waals surface area contributed by atoms with Crippen LogP contribution in [0.5, 0.6) is 0 Å². The maximum atomic E-state index is 6.07. The summed E-state index contributed by atoms with van der Waals surface area (Å²) in [5, 5.41) is 0. The second kappa shape index (κ2) is 5.49. The van der Waals surface area contributed by atoms with Crippen LogP contribution in [0.2, 0.25) is 0 Å². The molecule has 3 heteroatoms. The Balaban J connectivity index is 2.28. The maximum absolute atomic E-state index is 6.07. The van der Waals surface area contributed by atoms with Gasteiger partial charge >= 0.3 is 0 Å². The average Bonchev–Trinajstić information content (AvgIpc) is 2.14. The Morgan fingerprint density at radius 1 is 1.71 bits per heavy atom. The van der Waals surface area contributed by atoms with Gasteiger partial charge in [-0.2, -0.15) is 0 Å². The summed E-state index contributed by atoms with van der Waals surface area (Å²) in [7, 11) is 2.11. The van der Waals surface area contributed by atoms with E-state index in [1.54, 1.807) is 0 Å². The first-order valence-corrected chi connectivity index (χ1v) is 5.29. The number of ether oxygens (including phenoxy) is 1. The zero-order chi connectivity index (χ0) is 10.6. The Bertz CT molecular complexity index is 194. The van der Waals surface area contributed by atoms with Crippen molar-refractivity contribution in [2.45, 2.75) is 31.9 Å². The van der Waals surface area contributed by atoms with E-state index < -0.39 is 0 Å². The highest BCUT2D eigenvalue weighted by Crippen LogP contribution is 2.12. The van der Waals surface area contributed by atoms with Crippen molar-refractivity contribution >= 4 is 0 Å². The molecule has 82 valence electrons. The Hall–Kier alpha value is -0.380. The molecule has 1 aliphatic rings. The highest BCUT2D eigenvalue weighted by Gasteiger charge is 2.23. The smallest absolute Gasteiger partial charge is 0.0853 e. The van der Waals surface area contributed by atoms with Gasteiger partial charge in [0.05, 0.1) is 12.7 Å². The molecule has 0 saturated carbocycles. The van der Waals surface area contributed by atoms with Crippen LogP contribution in [0.4, 0.5) is 0 Å². The molecule has 0 amide bonds. The van der Waals surface area contributed by atoms with E-state index in [2.05, 4.69) is 18.5 Å². The van der Waals surface area contributed by atoms with Crippen molar-refractivity contribution in [1.29, 1.82) is 0 Å². The van der Waals surface area contributed by atoms with Gasteiger partial charge in [-0.1, -0.05) is 5.57 Å². The molecule has 1 aliphatic heterocycles. The van der Waals surface area contributed by atoms with Crippen LogP contribution in [0, 0.1) is 0 Å². The molecule has 0 aromatic heterocycles. The van der Waals surface area contributed by atoms with Crippen molar-refractivity contribution in [1.82, 2.24) is 4.90 Å². The van der Waals surface area contributed by atoms with Crippen molar-refractivity contribution in [2.75, 3.05) is 26.7 Å². The fraction of sp³-hybridized carbons (Fsp3) is 0.818. The third-order valence-electron chi connectivity index (χ3n) is 2.68. The van der Waals surface area contributed by atoms with Crippen molar-refractivity contribution in [3.8, 4) is 0 Å². The maximum Gasteiger partial charge on any atom is 0.0853 e. The minimum atomic E-state index is 0.148. The summed E-state index contributed by atoms with van der Waals surface area (Å²) >= 11 is 0. The molecule has 3 nitrogen and oxygen atoms in total. The third kappa shape index (κ3) is 3.78. The van der Waals surface area contributed by atoms with Crippen LogP contribution < -0.4 is 5.73 Å². The second-order valence-corrected chi connectivity index (χ2v) is 4.33. The SMILES string of the molecule is C=C(C)CCC(N)C1CN(C)CCO1. The van der Waals surface area contributed by atoms with Gasteiger partial charge in [0.2, 0.25) is 0 Å². The number of allylic oxidation sites excluding steroid dienone is 1. The summed E-state index contributed by atoms with van der Waals surface area (Å²) in [4.78, 5) is 2.27. The van der Waals surface area contributed by atoms with E-state index in [1.807, 2.05) is 6.92 Å². The largest absolute Gasteiger partial charge is 0.374 e. The fourth-order valence-electron chi connectivity index (χ4n) is 1.67. The number of hydrogen-bond donors (Lipinski definition) is 1. The molecular weight excluding hydrogens is 176 g/mol.